The molecule has 2 aromatic rings. The molecule has 0 spiro atoms. The molecule has 3 rings (SSSR count). The van der Waals surface area contributed by atoms with Gasteiger partial charge in [-0.15, -0.1) is 0 Å². The van der Waals surface area contributed by atoms with Crippen LogP contribution in [0.25, 0.3) is 0 Å². The van der Waals surface area contributed by atoms with Gasteiger partial charge in [0.25, 0.3) is 5.91 Å². The van der Waals surface area contributed by atoms with Crippen LogP contribution in [0.4, 0.5) is 0 Å². The monoisotopic (exact) mass is 288 g/mol. The van der Waals surface area contributed by atoms with Crippen molar-refractivity contribution in [3.05, 3.63) is 35.3 Å². The summed E-state index contributed by atoms with van der Waals surface area (Å²) in [6.45, 7) is 5.34. The molecule has 0 radical (unpaired) electrons. The van der Waals surface area contributed by atoms with Crippen LogP contribution in [0.1, 0.15) is 53.6 Å². The second-order valence-electron chi connectivity index (χ2n) is 5.47. The lowest BCUT2D eigenvalue weighted by molar-refractivity contribution is 0.0677. The van der Waals surface area contributed by atoms with Crippen molar-refractivity contribution in [1.29, 1.82) is 0 Å². The molecule has 1 amide bonds. The van der Waals surface area contributed by atoms with Gasteiger partial charge >= 0.3 is 0 Å². The summed E-state index contributed by atoms with van der Waals surface area (Å²) in [6.07, 6.45) is 2.65. The first kappa shape index (κ1) is 13.9. The smallest absolute Gasteiger partial charge is 0.289 e. The number of aromatic amines is 1. The number of hydrogen-bond acceptors (Lipinski definition) is 4. The van der Waals surface area contributed by atoms with E-state index < -0.39 is 0 Å². The molecule has 0 saturated carbocycles. The highest BCUT2D eigenvalue weighted by Gasteiger charge is 2.27. The molecule has 0 aromatic carbocycles. The highest BCUT2D eigenvalue weighted by molar-refractivity contribution is 5.91. The Kier molecular flexibility index (Phi) is 3.77. The Hall–Kier alpha value is -2.11. The summed E-state index contributed by atoms with van der Waals surface area (Å²) in [4.78, 5) is 18.6. The molecule has 0 bridgehead atoms. The molecule has 1 aliphatic rings. The number of rotatable bonds is 3. The minimum absolute atomic E-state index is 0.0224. The maximum absolute atomic E-state index is 12.3. The van der Waals surface area contributed by atoms with Crippen molar-refractivity contribution >= 4 is 5.91 Å². The molecule has 1 N–H and O–H groups in total. The predicted molar refractivity (Wildman–Crippen MR) is 77.1 cm³/mol. The van der Waals surface area contributed by atoms with Gasteiger partial charge in [0.1, 0.15) is 11.6 Å². The number of amides is 1. The van der Waals surface area contributed by atoms with E-state index in [4.69, 9.17) is 4.42 Å². The van der Waals surface area contributed by atoms with Crippen molar-refractivity contribution in [1.82, 2.24) is 20.1 Å². The lowest BCUT2D eigenvalue weighted by Crippen LogP contribution is -2.38. The predicted octanol–water partition coefficient (Wildman–Crippen LogP) is 2.29. The summed E-state index contributed by atoms with van der Waals surface area (Å²) in [5.41, 5.74) is 0. The van der Waals surface area contributed by atoms with E-state index in [1.165, 1.54) is 0 Å². The quantitative estimate of drug-likeness (QED) is 0.940. The summed E-state index contributed by atoms with van der Waals surface area (Å²) in [6, 6.07) is 3.56. The number of carbonyl (C=O) groups is 1. The van der Waals surface area contributed by atoms with Crippen molar-refractivity contribution in [3.63, 3.8) is 0 Å². The molecule has 6 heteroatoms. The van der Waals surface area contributed by atoms with Gasteiger partial charge in [-0.2, -0.15) is 5.10 Å². The summed E-state index contributed by atoms with van der Waals surface area (Å²) < 4.78 is 5.41. The van der Waals surface area contributed by atoms with Crippen molar-refractivity contribution in [3.8, 4) is 0 Å². The van der Waals surface area contributed by atoms with E-state index in [-0.39, 0.29) is 5.91 Å². The summed E-state index contributed by atoms with van der Waals surface area (Å²) in [7, 11) is 0. The zero-order valence-corrected chi connectivity index (χ0v) is 12.4. The van der Waals surface area contributed by atoms with Gasteiger partial charge in [0.05, 0.1) is 0 Å². The van der Waals surface area contributed by atoms with Crippen LogP contribution in [0.3, 0.4) is 0 Å². The molecule has 2 aromatic heterocycles. The second-order valence-corrected chi connectivity index (χ2v) is 5.47. The Labute approximate surface area is 123 Å². The summed E-state index contributed by atoms with van der Waals surface area (Å²) in [5, 5.41) is 7.24. The SMILES string of the molecule is CCc1nc(C2CCN(C(=O)c3ccc(C)o3)CC2)n[nH]1. The Bertz CT molecular complexity index is 623. The number of nitrogens with one attached hydrogen (secondary N) is 1. The number of hydrogen-bond donors (Lipinski definition) is 1. The third kappa shape index (κ3) is 2.84. The van der Waals surface area contributed by atoms with Crippen molar-refractivity contribution < 1.29 is 9.21 Å². The Morgan fingerprint density at radius 2 is 2.19 bits per heavy atom. The van der Waals surface area contributed by atoms with Gasteiger partial charge in [0, 0.05) is 25.4 Å². The molecule has 21 heavy (non-hydrogen) atoms. The van der Waals surface area contributed by atoms with Gasteiger partial charge in [-0.3, -0.25) is 9.89 Å². The molecule has 0 atom stereocenters. The first-order valence-electron chi connectivity index (χ1n) is 7.44. The van der Waals surface area contributed by atoms with E-state index in [9.17, 15) is 4.79 Å². The Morgan fingerprint density at radius 1 is 1.43 bits per heavy atom. The maximum atomic E-state index is 12.3. The van der Waals surface area contributed by atoms with Crippen LogP contribution >= 0.6 is 0 Å². The minimum atomic E-state index is -0.0224. The van der Waals surface area contributed by atoms with E-state index in [1.807, 2.05) is 17.9 Å². The molecule has 0 aliphatic carbocycles. The third-order valence-corrected chi connectivity index (χ3v) is 3.98. The number of furan rings is 1. The molecule has 1 aliphatic heterocycles. The van der Waals surface area contributed by atoms with Crippen molar-refractivity contribution in [2.45, 2.75) is 39.0 Å². The molecule has 3 heterocycles. The average molecular weight is 288 g/mol. The van der Waals surface area contributed by atoms with Gasteiger partial charge in [-0.25, -0.2) is 4.98 Å². The highest BCUT2D eigenvalue weighted by Crippen LogP contribution is 2.26. The largest absolute Gasteiger partial charge is 0.456 e. The number of nitrogens with zero attached hydrogens (tertiary/aromatic N) is 3. The fraction of sp³-hybridized carbons (Fsp3) is 0.533. The van der Waals surface area contributed by atoms with Crippen LogP contribution in [0.5, 0.6) is 0 Å². The van der Waals surface area contributed by atoms with Crippen LogP contribution in [0.2, 0.25) is 0 Å². The number of H-pyrrole nitrogens is 1. The second kappa shape index (κ2) is 5.71. The molecular weight excluding hydrogens is 268 g/mol. The minimum Gasteiger partial charge on any atom is -0.456 e. The van der Waals surface area contributed by atoms with Crippen LogP contribution in [0, 0.1) is 6.92 Å². The molecule has 1 saturated heterocycles. The van der Waals surface area contributed by atoms with Gasteiger partial charge in [0.15, 0.2) is 11.6 Å². The van der Waals surface area contributed by atoms with E-state index in [2.05, 4.69) is 22.1 Å². The van der Waals surface area contributed by atoms with Crippen molar-refractivity contribution in [2.75, 3.05) is 13.1 Å². The van der Waals surface area contributed by atoms with Gasteiger partial charge in [0.2, 0.25) is 0 Å². The molecule has 1 fully saturated rings. The van der Waals surface area contributed by atoms with Crippen LogP contribution in [-0.2, 0) is 6.42 Å². The zero-order chi connectivity index (χ0) is 14.8. The lowest BCUT2D eigenvalue weighted by Gasteiger charge is -2.30. The molecular formula is C15H20N4O2. The fourth-order valence-corrected chi connectivity index (χ4v) is 2.70. The van der Waals surface area contributed by atoms with Crippen LogP contribution < -0.4 is 0 Å². The number of carbonyl (C=O) groups excluding carboxylic acids is 1. The first-order valence-corrected chi connectivity index (χ1v) is 7.44. The van der Waals surface area contributed by atoms with E-state index in [1.54, 1.807) is 6.07 Å². The van der Waals surface area contributed by atoms with Gasteiger partial charge in [-0.1, -0.05) is 6.92 Å². The number of piperidine rings is 1. The zero-order valence-electron chi connectivity index (χ0n) is 12.4. The topological polar surface area (TPSA) is 75.0 Å². The number of likely N-dealkylation sites (tertiary alicyclic amines) is 1. The highest BCUT2D eigenvalue weighted by atomic mass is 16.3. The number of aryl methyl sites for hydroxylation is 2. The fourth-order valence-electron chi connectivity index (χ4n) is 2.70. The van der Waals surface area contributed by atoms with Crippen LogP contribution in [-0.4, -0.2) is 39.1 Å². The summed E-state index contributed by atoms with van der Waals surface area (Å²) >= 11 is 0. The normalized spacial score (nSPS) is 16.4. The van der Waals surface area contributed by atoms with Crippen LogP contribution in [0.15, 0.2) is 16.5 Å². The standard InChI is InChI=1S/C15H20N4O2/c1-3-13-16-14(18-17-13)11-6-8-19(9-7-11)15(20)12-5-4-10(2)21-12/h4-5,11H,3,6-9H2,1-2H3,(H,16,17,18). The van der Waals surface area contributed by atoms with Crippen molar-refractivity contribution in [2.24, 2.45) is 0 Å². The lowest BCUT2D eigenvalue weighted by atomic mass is 9.96. The Morgan fingerprint density at radius 3 is 2.76 bits per heavy atom. The van der Waals surface area contributed by atoms with E-state index >= 15 is 0 Å². The van der Waals surface area contributed by atoms with Gasteiger partial charge in [-0.05, 0) is 31.9 Å². The Balaban J connectivity index is 1.61. The third-order valence-electron chi connectivity index (χ3n) is 3.98. The molecule has 0 unspecified atom stereocenters. The maximum Gasteiger partial charge on any atom is 0.289 e. The van der Waals surface area contributed by atoms with Gasteiger partial charge < -0.3 is 9.32 Å². The summed E-state index contributed by atoms with van der Waals surface area (Å²) in [5.74, 6) is 3.32. The first-order chi connectivity index (χ1) is 10.2. The molecule has 112 valence electrons. The number of aromatic nitrogens is 3. The molecule has 6 nitrogen and oxygen atoms in total. The average Bonchev–Trinajstić information content (AvgIpc) is 3.15. The van der Waals surface area contributed by atoms with E-state index in [0.29, 0.717) is 11.7 Å². The van der Waals surface area contributed by atoms with E-state index in [0.717, 1.165) is 49.8 Å².